The highest BCUT2D eigenvalue weighted by molar-refractivity contribution is 7.47. The quantitative estimate of drug-likeness (QED) is 0.0108. The van der Waals surface area contributed by atoms with Crippen molar-refractivity contribution in [3.63, 3.8) is 0 Å². The van der Waals surface area contributed by atoms with Gasteiger partial charge in [-0.05, 0) is 154 Å². The zero-order chi connectivity index (χ0) is 95.6. The zero-order valence-electron chi connectivity index (χ0n) is 82.9. The van der Waals surface area contributed by atoms with Crippen molar-refractivity contribution in [3.8, 4) is 0 Å². The standard InChI is InChI=1S/C102H188N4O22P2/c1-9-17-25-33-37-41-45-53-61-69-99(111)125-91(65-57-49-29-21-13-5)75-79-119-85-89(105-97(109)83-93(67-59-51-31-23-15-7)127-101(113)71-63-55-47-43-39-35-27-19-11-3)87-123-129(115,116)121-81-77-103-95(107)73-74-96(108)104-78-82-122-130(117,118)124-88-90(86-120-80-76-92(66-58-50-30-22-14-6)126-100(112)70-62-54-46-42-38-34-26-18-10-2)106-98(110)84-94(68-60-52-32-24-16-8)128-102(114)72-64-56-48-44-40-36-28-20-12-4/h41-48,89-94H,9-40,49-88H2,1-8H3,(H,103,107)(H,104,108)(H,105,109)(H,106,110)(H,115,116)(H,117,118)/t89?,90?,91-,92-,93-,94-/m1/s1. The van der Waals surface area contributed by atoms with Crippen molar-refractivity contribution >= 4 is 63.2 Å². The predicted octanol–water partition coefficient (Wildman–Crippen LogP) is 24.7. The lowest BCUT2D eigenvalue weighted by atomic mass is 10.1. The molecule has 0 fully saturated rings. The number of amides is 4. The molecule has 758 valence electrons. The number of hydrogen-bond donors (Lipinski definition) is 6. The molecule has 0 aliphatic heterocycles. The number of rotatable bonds is 97. The molecule has 6 N–H and O–H groups in total. The Labute approximate surface area is 788 Å². The van der Waals surface area contributed by atoms with Gasteiger partial charge in [0.15, 0.2) is 0 Å². The first kappa shape index (κ1) is 125. The Hall–Kier alpha value is -5.14. The number of ether oxygens (including phenoxy) is 6. The number of carbonyl (C=O) groups is 8. The van der Waals surface area contributed by atoms with Crippen LogP contribution in [0.2, 0.25) is 0 Å². The Bertz CT molecular complexity index is 2780. The fraction of sp³-hybridized carbons (Fsp3) is 0.843. The molecule has 130 heavy (non-hydrogen) atoms. The van der Waals surface area contributed by atoms with Crippen molar-refractivity contribution in [2.45, 2.75) is 490 Å². The molecule has 4 amide bonds. The van der Waals surface area contributed by atoms with Crippen LogP contribution in [0.25, 0.3) is 0 Å². The molecule has 0 aromatic carbocycles. The van der Waals surface area contributed by atoms with Crippen LogP contribution in [-0.4, -0.2) is 160 Å². The van der Waals surface area contributed by atoms with Crippen molar-refractivity contribution in [1.29, 1.82) is 0 Å². The minimum absolute atomic E-state index is 0.131. The summed E-state index contributed by atoms with van der Waals surface area (Å²) in [5.74, 6) is -3.50. The van der Waals surface area contributed by atoms with Crippen molar-refractivity contribution in [2.75, 3.05) is 65.9 Å². The van der Waals surface area contributed by atoms with Gasteiger partial charge in [-0.3, -0.25) is 56.5 Å². The summed E-state index contributed by atoms with van der Waals surface area (Å²) >= 11 is 0. The van der Waals surface area contributed by atoms with E-state index in [1.165, 1.54) is 77.0 Å². The number of phosphoric ester groups is 2. The van der Waals surface area contributed by atoms with Gasteiger partial charge in [0.05, 0.1) is 77.8 Å². The Kier molecular flexibility index (Phi) is 88.0. The first-order valence-electron chi connectivity index (χ1n) is 52.0. The summed E-state index contributed by atoms with van der Waals surface area (Å²) in [7, 11) is -9.70. The predicted molar refractivity (Wildman–Crippen MR) is 523 cm³/mol. The Morgan fingerprint density at radius 1 is 0.262 bits per heavy atom. The van der Waals surface area contributed by atoms with Crippen LogP contribution in [0.3, 0.4) is 0 Å². The molecule has 28 heteroatoms. The zero-order valence-corrected chi connectivity index (χ0v) is 84.7. The van der Waals surface area contributed by atoms with Crippen LogP contribution in [0.15, 0.2) is 48.6 Å². The van der Waals surface area contributed by atoms with Gasteiger partial charge in [-0.15, -0.1) is 0 Å². The summed E-state index contributed by atoms with van der Waals surface area (Å²) in [5.41, 5.74) is 0. The maximum atomic E-state index is 14.0. The molecule has 0 rings (SSSR count). The maximum Gasteiger partial charge on any atom is 0.472 e. The second kappa shape index (κ2) is 91.6. The molecule has 0 aliphatic carbocycles. The lowest BCUT2D eigenvalue weighted by Crippen LogP contribution is -2.43. The van der Waals surface area contributed by atoms with Crippen molar-refractivity contribution in [1.82, 2.24) is 21.3 Å². The smallest absolute Gasteiger partial charge is 0.462 e. The third-order valence-electron chi connectivity index (χ3n) is 22.5. The Morgan fingerprint density at radius 2 is 0.500 bits per heavy atom. The topological polar surface area (TPSA) is 352 Å². The van der Waals surface area contributed by atoms with Gasteiger partial charge in [-0.25, -0.2) is 9.13 Å². The van der Waals surface area contributed by atoms with E-state index in [1.807, 2.05) is 0 Å². The van der Waals surface area contributed by atoms with E-state index in [-0.39, 0.29) is 115 Å². The second-order valence-corrected chi connectivity index (χ2v) is 38.1. The van der Waals surface area contributed by atoms with Gasteiger partial charge in [0.25, 0.3) is 0 Å². The molecule has 8 atom stereocenters. The largest absolute Gasteiger partial charge is 0.472 e. The summed E-state index contributed by atoms with van der Waals surface area (Å²) in [6, 6.07) is -1.99. The molecule has 0 bridgehead atoms. The third kappa shape index (κ3) is 85.8. The van der Waals surface area contributed by atoms with E-state index in [4.69, 9.17) is 46.5 Å². The van der Waals surface area contributed by atoms with Gasteiger partial charge in [0.1, 0.15) is 24.4 Å². The average Bonchev–Trinajstić information content (AvgIpc) is 0.905. The summed E-state index contributed by atoms with van der Waals surface area (Å²) in [4.78, 5) is 129. The van der Waals surface area contributed by atoms with E-state index in [0.29, 0.717) is 64.2 Å². The molecular formula is C102H188N4O22P2. The van der Waals surface area contributed by atoms with Crippen molar-refractivity contribution in [3.05, 3.63) is 48.6 Å². The van der Waals surface area contributed by atoms with E-state index in [0.717, 1.165) is 205 Å². The van der Waals surface area contributed by atoms with Crippen LogP contribution < -0.4 is 21.3 Å². The number of phosphoric acid groups is 2. The summed E-state index contributed by atoms with van der Waals surface area (Å²) in [6.45, 7) is 14.7. The summed E-state index contributed by atoms with van der Waals surface area (Å²) in [6.07, 6.45) is 66.4. The number of nitrogens with one attached hydrogen (secondary N) is 4. The fourth-order valence-corrected chi connectivity index (χ4v) is 16.2. The fourth-order valence-electron chi connectivity index (χ4n) is 14.6. The molecule has 0 saturated carbocycles. The SMILES string of the molecule is CCCCCCC=CCCCC(=O)O[C@H](CCCCCCC)CCOCC(COP(=O)(O)OCCNC(=O)CCC(=O)NCCOP(=O)(O)OCC(COCC[C@@H](CCCCCCC)OC(=O)CCCC=CCCCCCC)NC(=O)C[C@@H](CCCCCCC)OC(=O)CCCC=CCCCCCC)NC(=O)C[C@@H](CCCCCCC)OC(=O)CCCC=CCCCCCC. The van der Waals surface area contributed by atoms with Crippen molar-refractivity contribution < 1.29 is 104 Å². The van der Waals surface area contributed by atoms with E-state index in [9.17, 15) is 57.3 Å². The molecule has 0 aromatic rings. The van der Waals surface area contributed by atoms with E-state index < -0.39 is 102 Å². The molecule has 0 aromatic heterocycles. The Morgan fingerprint density at radius 3 is 0.769 bits per heavy atom. The van der Waals surface area contributed by atoms with Crippen LogP contribution in [0.4, 0.5) is 0 Å². The number of hydrogen-bond acceptors (Lipinski definition) is 20. The summed E-state index contributed by atoms with van der Waals surface area (Å²) in [5, 5.41) is 10.8. The van der Waals surface area contributed by atoms with Crippen LogP contribution in [0.1, 0.15) is 453 Å². The molecule has 0 aliphatic rings. The molecule has 4 unspecified atom stereocenters. The number of esters is 4. The van der Waals surface area contributed by atoms with Gasteiger partial charge in [0.2, 0.25) is 23.6 Å². The molecular weight excluding hydrogens is 1700 g/mol. The minimum atomic E-state index is -4.85. The molecule has 0 heterocycles. The van der Waals surface area contributed by atoms with Crippen LogP contribution in [0, 0.1) is 0 Å². The lowest BCUT2D eigenvalue weighted by Gasteiger charge is -2.23. The maximum absolute atomic E-state index is 14.0. The van der Waals surface area contributed by atoms with E-state index in [1.54, 1.807) is 0 Å². The van der Waals surface area contributed by atoms with Gasteiger partial charge >= 0.3 is 39.5 Å². The first-order chi connectivity index (χ1) is 63.1. The second-order valence-electron chi connectivity index (χ2n) is 35.2. The monoisotopic (exact) mass is 1880 g/mol. The highest BCUT2D eigenvalue weighted by atomic mass is 31.2. The van der Waals surface area contributed by atoms with Crippen LogP contribution in [0.5, 0.6) is 0 Å². The molecule has 0 saturated heterocycles. The normalized spacial score (nSPS) is 14.1. The lowest BCUT2D eigenvalue weighted by molar-refractivity contribution is -0.152. The highest BCUT2D eigenvalue weighted by Crippen LogP contribution is 2.44. The van der Waals surface area contributed by atoms with Crippen LogP contribution in [-0.2, 0) is 94.0 Å². The molecule has 0 spiro atoms. The van der Waals surface area contributed by atoms with Gasteiger partial charge < -0.3 is 59.5 Å². The Balaban J connectivity index is 6.22. The van der Waals surface area contributed by atoms with Gasteiger partial charge in [-0.1, -0.05) is 284 Å². The number of carbonyl (C=O) groups excluding carboxylic acids is 8. The van der Waals surface area contributed by atoms with Crippen molar-refractivity contribution in [2.24, 2.45) is 0 Å². The molecule has 0 radical (unpaired) electrons. The first-order valence-corrected chi connectivity index (χ1v) is 55.0. The molecule has 26 nitrogen and oxygen atoms in total. The number of unbranched alkanes of at least 4 members (excludes halogenated alkanes) is 36. The summed E-state index contributed by atoms with van der Waals surface area (Å²) < 4.78 is 84.5. The number of allylic oxidation sites excluding steroid dienone is 8. The van der Waals surface area contributed by atoms with Gasteiger partial charge in [-0.2, -0.15) is 0 Å². The van der Waals surface area contributed by atoms with Crippen LogP contribution >= 0.6 is 15.6 Å². The average molecular weight is 1880 g/mol. The van der Waals surface area contributed by atoms with E-state index >= 15 is 0 Å². The highest BCUT2D eigenvalue weighted by Gasteiger charge is 2.30. The third-order valence-corrected chi connectivity index (χ3v) is 24.4. The van der Waals surface area contributed by atoms with Gasteiger partial charge in [0, 0.05) is 64.5 Å². The van der Waals surface area contributed by atoms with E-state index in [2.05, 4.69) is 125 Å². The minimum Gasteiger partial charge on any atom is -0.462 e.